The highest BCUT2D eigenvalue weighted by atomic mass is 16.1. The van der Waals surface area contributed by atoms with E-state index in [0.717, 1.165) is 0 Å². The maximum Gasteiger partial charge on any atom is 0.126 e. The van der Waals surface area contributed by atoms with Gasteiger partial charge in [-0.3, -0.25) is 0 Å². The molecule has 0 N–H and O–H groups in total. The third kappa shape index (κ3) is 5.11. The summed E-state index contributed by atoms with van der Waals surface area (Å²) in [6.07, 6.45) is 2.61. The van der Waals surface area contributed by atoms with Crippen molar-refractivity contribution in [2.24, 2.45) is 0 Å². The number of hydrogen-bond acceptors (Lipinski definition) is 1. The topological polar surface area (TPSA) is 17.1 Å². The first-order chi connectivity index (χ1) is 9.17. The molecule has 1 aliphatic carbocycles. The molecule has 0 fully saturated rings. The molecule has 0 bridgehead atoms. The van der Waals surface area contributed by atoms with Gasteiger partial charge in [-0.05, 0) is 48.6 Å². The molecule has 1 aromatic carbocycles. The molecule has 114 valence electrons. The lowest BCUT2D eigenvalue weighted by molar-refractivity contribution is -0.114. The summed E-state index contributed by atoms with van der Waals surface area (Å²) in [6, 6.07) is 8.94. The van der Waals surface area contributed by atoms with Gasteiger partial charge < -0.3 is 4.79 Å². The van der Waals surface area contributed by atoms with Gasteiger partial charge in [0.15, 0.2) is 0 Å². The van der Waals surface area contributed by atoms with Crippen LogP contribution in [0.15, 0.2) is 24.3 Å². The van der Waals surface area contributed by atoms with Crippen molar-refractivity contribution in [3.05, 3.63) is 35.4 Å². The van der Waals surface area contributed by atoms with Crippen LogP contribution in [0.4, 0.5) is 0 Å². The van der Waals surface area contributed by atoms with Crippen LogP contribution in [0.25, 0.3) is 0 Å². The Kier molecular flexibility index (Phi) is 7.19. The van der Waals surface area contributed by atoms with Crippen LogP contribution in [0.5, 0.6) is 0 Å². The molecular weight excluding hydrogens is 244 g/mol. The minimum absolute atomic E-state index is 0.167. The number of fused-ring (bicyclic) bond motifs is 1. The van der Waals surface area contributed by atoms with E-state index in [9.17, 15) is 4.79 Å². The van der Waals surface area contributed by atoms with Crippen LogP contribution in [-0.2, 0) is 15.6 Å². The van der Waals surface area contributed by atoms with Crippen molar-refractivity contribution in [1.29, 1.82) is 0 Å². The fourth-order valence-corrected chi connectivity index (χ4v) is 2.56. The van der Waals surface area contributed by atoms with E-state index >= 15 is 0 Å². The lowest BCUT2D eigenvalue weighted by Gasteiger charge is -2.41. The molecule has 1 aliphatic rings. The Hall–Kier alpha value is -1.11. The summed E-state index contributed by atoms with van der Waals surface area (Å²) in [7, 11) is 0. The Morgan fingerprint density at radius 1 is 0.850 bits per heavy atom. The molecule has 0 aliphatic heterocycles. The van der Waals surface area contributed by atoms with Crippen molar-refractivity contribution in [2.45, 2.75) is 79.1 Å². The van der Waals surface area contributed by atoms with Gasteiger partial charge in [-0.1, -0.05) is 65.8 Å². The number of hydrogen-bond donors (Lipinski definition) is 0. The number of benzene rings is 1. The van der Waals surface area contributed by atoms with Crippen molar-refractivity contribution in [2.75, 3.05) is 0 Å². The van der Waals surface area contributed by atoms with E-state index < -0.39 is 0 Å². The van der Waals surface area contributed by atoms with Crippen LogP contribution >= 0.6 is 0 Å². The molecule has 20 heavy (non-hydrogen) atoms. The molecule has 1 aromatic rings. The average Bonchev–Trinajstić information content (AvgIpc) is 2.37. The molecule has 1 nitrogen and oxygen atoms in total. The summed E-state index contributed by atoms with van der Waals surface area (Å²) in [5.74, 6) is 0.167. The number of ketones is 1. The Labute approximate surface area is 125 Å². The van der Waals surface area contributed by atoms with Crippen LogP contribution in [0, 0.1) is 0 Å². The van der Waals surface area contributed by atoms with E-state index in [2.05, 4.69) is 52.0 Å². The summed E-state index contributed by atoms with van der Waals surface area (Å²) < 4.78 is 0. The van der Waals surface area contributed by atoms with E-state index in [0.29, 0.717) is 10.8 Å². The third-order valence-electron chi connectivity index (χ3n) is 3.76. The van der Waals surface area contributed by atoms with Crippen LogP contribution in [0.1, 0.15) is 79.4 Å². The van der Waals surface area contributed by atoms with Crippen LogP contribution in [0.2, 0.25) is 0 Å². The molecule has 0 spiro atoms. The fraction of sp³-hybridized carbons (Fsp3) is 0.632. The first-order valence-corrected chi connectivity index (χ1v) is 7.74. The number of Topliss-reactive ketones (excluding diaryl/α,β-unsaturated/α-hetero) is 1. The number of rotatable bonds is 0. The minimum atomic E-state index is 0.167. The third-order valence-corrected chi connectivity index (χ3v) is 3.76. The zero-order valence-electron chi connectivity index (χ0n) is 14.6. The van der Waals surface area contributed by atoms with Crippen molar-refractivity contribution in [3.8, 4) is 0 Å². The van der Waals surface area contributed by atoms with Crippen molar-refractivity contribution in [3.63, 3.8) is 0 Å². The van der Waals surface area contributed by atoms with Gasteiger partial charge in [-0.25, -0.2) is 0 Å². The van der Waals surface area contributed by atoms with E-state index in [1.807, 2.05) is 13.8 Å². The smallest absolute Gasteiger partial charge is 0.126 e. The van der Waals surface area contributed by atoms with Crippen molar-refractivity contribution in [1.82, 2.24) is 0 Å². The molecular formula is C19H32O. The number of carbonyl (C=O) groups excluding carboxylic acids is 1. The van der Waals surface area contributed by atoms with E-state index in [1.165, 1.54) is 26.7 Å². The second-order valence-corrected chi connectivity index (χ2v) is 6.72. The summed E-state index contributed by atoms with van der Waals surface area (Å²) in [5.41, 5.74) is 3.84. The molecule has 0 saturated heterocycles. The quantitative estimate of drug-likeness (QED) is 0.598. The van der Waals surface area contributed by atoms with Crippen LogP contribution in [-0.4, -0.2) is 5.78 Å². The average molecular weight is 276 g/mol. The van der Waals surface area contributed by atoms with Gasteiger partial charge in [0.2, 0.25) is 0 Å². The molecule has 0 unspecified atom stereocenters. The van der Waals surface area contributed by atoms with Crippen molar-refractivity contribution >= 4 is 5.78 Å². The Morgan fingerprint density at radius 3 is 1.35 bits per heavy atom. The maximum atomic E-state index is 9.44. The van der Waals surface area contributed by atoms with Gasteiger partial charge in [-0.2, -0.15) is 0 Å². The molecule has 0 atom stereocenters. The summed E-state index contributed by atoms with van der Waals surface area (Å²) in [6.45, 7) is 16.5. The molecule has 0 aromatic heterocycles. The first kappa shape index (κ1) is 18.9. The lowest BCUT2D eigenvalue weighted by atomic mass is 9.63. The second-order valence-electron chi connectivity index (χ2n) is 6.72. The first-order valence-electron chi connectivity index (χ1n) is 7.74. The Balaban J connectivity index is 0.000000521. The highest BCUT2D eigenvalue weighted by Gasteiger charge is 2.36. The largest absolute Gasteiger partial charge is 0.300 e. The second kappa shape index (κ2) is 7.61. The zero-order chi connectivity index (χ0) is 16.0. The van der Waals surface area contributed by atoms with E-state index in [4.69, 9.17) is 0 Å². The predicted octanol–water partition coefficient (Wildman–Crippen LogP) is 5.66. The van der Waals surface area contributed by atoms with Gasteiger partial charge in [0.05, 0.1) is 0 Å². The van der Waals surface area contributed by atoms with E-state index in [-0.39, 0.29) is 5.78 Å². The summed E-state index contributed by atoms with van der Waals surface area (Å²) in [5, 5.41) is 0. The SMILES string of the molecule is CC.CC(C)=O.CC1(C)CCC(C)(C)c2ccccc21. The van der Waals surface area contributed by atoms with Gasteiger partial charge in [0, 0.05) is 0 Å². The Morgan fingerprint density at radius 2 is 1.10 bits per heavy atom. The Bertz CT molecular complexity index is 388. The minimum Gasteiger partial charge on any atom is -0.300 e. The fourth-order valence-electron chi connectivity index (χ4n) is 2.56. The highest BCUT2D eigenvalue weighted by Crippen LogP contribution is 2.45. The van der Waals surface area contributed by atoms with Crippen LogP contribution < -0.4 is 0 Å². The molecule has 0 radical (unpaired) electrons. The van der Waals surface area contributed by atoms with Gasteiger partial charge >= 0.3 is 0 Å². The standard InChI is InChI=1S/C14H20.C3H6O.C2H6/c1-13(2)9-10-14(3,4)12-8-6-5-7-11(12)13;1-3(2)4;1-2/h5-8H,9-10H2,1-4H3;1-2H3;1-2H3. The lowest BCUT2D eigenvalue weighted by Crippen LogP contribution is -2.33. The zero-order valence-corrected chi connectivity index (χ0v) is 14.6. The van der Waals surface area contributed by atoms with Gasteiger partial charge in [0.1, 0.15) is 5.78 Å². The predicted molar refractivity (Wildman–Crippen MR) is 89.4 cm³/mol. The summed E-state index contributed by atoms with van der Waals surface area (Å²) in [4.78, 5) is 9.44. The summed E-state index contributed by atoms with van der Waals surface area (Å²) >= 11 is 0. The molecule has 0 amide bonds. The number of carbonyl (C=O) groups is 1. The molecule has 2 rings (SSSR count). The van der Waals surface area contributed by atoms with Gasteiger partial charge in [-0.15, -0.1) is 0 Å². The molecule has 0 saturated carbocycles. The maximum absolute atomic E-state index is 9.44. The van der Waals surface area contributed by atoms with E-state index in [1.54, 1.807) is 11.1 Å². The molecule has 0 heterocycles. The van der Waals surface area contributed by atoms with Gasteiger partial charge in [0.25, 0.3) is 0 Å². The normalized spacial score (nSPS) is 17.6. The highest BCUT2D eigenvalue weighted by molar-refractivity contribution is 5.72. The van der Waals surface area contributed by atoms with Crippen LogP contribution in [0.3, 0.4) is 0 Å². The van der Waals surface area contributed by atoms with Crippen molar-refractivity contribution < 1.29 is 4.79 Å². The monoisotopic (exact) mass is 276 g/mol. The molecule has 1 heteroatoms.